The van der Waals surface area contributed by atoms with Crippen molar-refractivity contribution < 1.29 is 14.3 Å². The van der Waals surface area contributed by atoms with E-state index in [2.05, 4.69) is 38.1 Å². The zero-order chi connectivity index (χ0) is 29.6. The van der Waals surface area contributed by atoms with Gasteiger partial charge in [-0.3, -0.25) is 19.7 Å². The lowest BCUT2D eigenvalue weighted by atomic mass is 10.0. The van der Waals surface area contributed by atoms with Crippen LogP contribution in [0, 0.1) is 11.3 Å². The maximum Gasteiger partial charge on any atom is 0.252 e. The van der Waals surface area contributed by atoms with Crippen molar-refractivity contribution in [1.82, 2.24) is 14.9 Å². The van der Waals surface area contributed by atoms with Crippen LogP contribution < -0.4 is 20.1 Å². The summed E-state index contributed by atoms with van der Waals surface area (Å²) in [5.41, 5.74) is 3.83. The summed E-state index contributed by atoms with van der Waals surface area (Å²) in [7, 11) is 2.00. The summed E-state index contributed by atoms with van der Waals surface area (Å²) >= 11 is 6.55. The third-order valence-electron chi connectivity index (χ3n) is 7.16. The SMILES string of the molecule is C=C(C(=O)Nc1cc2c(Nc3ccc(OCc4ccccn4)c(Cl)c3)c(C#N)cnc2cc1OCC)[C@H]1CCCN1C. The van der Waals surface area contributed by atoms with E-state index in [9.17, 15) is 10.1 Å². The third-order valence-corrected chi connectivity index (χ3v) is 7.45. The molecular formula is C32H31ClN6O3. The van der Waals surface area contributed by atoms with E-state index < -0.39 is 0 Å². The highest BCUT2D eigenvalue weighted by Crippen LogP contribution is 2.38. The average Bonchev–Trinajstić information content (AvgIpc) is 3.43. The molecule has 3 heterocycles. The van der Waals surface area contributed by atoms with Gasteiger partial charge in [0.15, 0.2) is 0 Å². The number of nitrogens with one attached hydrogen (secondary N) is 2. The quantitative estimate of drug-likeness (QED) is 0.205. The minimum atomic E-state index is -0.277. The molecule has 5 rings (SSSR count). The fourth-order valence-electron chi connectivity index (χ4n) is 4.99. The van der Waals surface area contributed by atoms with Crippen molar-refractivity contribution >= 4 is 45.5 Å². The van der Waals surface area contributed by atoms with E-state index in [0.717, 1.165) is 25.1 Å². The van der Waals surface area contributed by atoms with Gasteiger partial charge in [-0.2, -0.15) is 5.26 Å². The van der Waals surface area contributed by atoms with Crippen LogP contribution in [-0.2, 0) is 11.4 Å². The molecule has 10 heteroatoms. The molecule has 2 aromatic heterocycles. The van der Waals surface area contributed by atoms with Crippen molar-refractivity contribution in [2.75, 3.05) is 30.8 Å². The smallest absolute Gasteiger partial charge is 0.252 e. The van der Waals surface area contributed by atoms with Crippen LogP contribution in [0.5, 0.6) is 11.5 Å². The lowest BCUT2D eigenvalue weighted by Crippen LogP contribution is -2.32. The molecule has 1 saturated heterocycles. The lowest BCUT2D eigenvalue weighted by molar-refractivity contribution is -0.113. The highest BCUT2D eigenvalue weighted by Gasteiger charge is 2.28. The largest absolute Gasteiger partial charge is 0.492 e. The molecule has 1 aliphatic rings. The molecule has 1 fully saturated rings. The summed E-state index contributed by atoms with van der Waals surface area (Å²) in [5, 5.41) is 17.2. The molecule has 0 radical (unpaired) electrons. The first-order valence-electron chi connectivity index (χ1n) is 13.7. The van der Waals surface area contributed by atoms with Gasteiger partial charge >= 0.3 is 0 Å². The molecule has 2 aromatic carbocycles. The van der Waals surface area contributed by atoms with Gasteiger partial charge < -0.3 is 20.1 Å². The predicted octanol–water partition coefficient (Wildman–Crippen LogP) is 6.47. The van der Waals surface area contributed by atoms with Gasteiger partial charge in [-0.25, -0.2) is 0 Å². The number of carbonyl (C=O) groups is 1. The van der Waals surface area contributed by atoms with Crippen LogP contribution in [0.25, 0.3) is 10.9 Å². The molecule has 4 aromatic rings. The summed E-state index contributed by atoms with van der Waals surface area (Å²) in [5.74, 6) is 0.708. The number of likely N-dealkylation sites (tertiary alicyclic amines) is 1. The van der Waals surface area contributed by atoms with E-state index in [0.29, 0.717) is 62.2 Å². The summed E-state index contributed by atoms with van der Waals surface area (Å²) in [4.78, 5) is 24.1. The van der Waals surface area contributed by atoms with Crippen molar-refractivity contribution in [2.45, 2.75) is 32.4 Å². The number of carbonyl (C=O) groups excluding carboxylic acids is 1. The van der Waals surface area contributed by atoms with Gasteiger partial charge in [-0.15, -0.1) is 0 Å². The molecule has 0 spiro atoms. The van der Waals surface area contributed by atoms with Crippen LogP contribution in [0.15, 0.2) is 73.1 Å². The van der Waals surface area contributed by atoms with E-state index in [-0.39, 0.29) is 18.6 Å². The second-order valence-electron chi connectivity index (χ2n) is 9.96. The van der Waals surface area contributed by atoms with Crippen LogP contribution in [0.4, 0.5) is 17.1 Å². The van der Waals surface area contributed by atoms with E-state index in [1.54, 1.807) is 30.5 Å². The van der Waals surface area contributed by atoms with Crippen LogP contribution in [0.1, 0.15) is 31.0 Å². The fraction of sp³-hybridized carbons (Fsp3) is 0.250. The first kappa shape index (κ1) is 28.9. The number of nitriles is 1. The molecule has 1 aliphatic heterocycles. The Balaban J connectivity index is 1.45. The van der Waals surface area contributed by atoms with Gasteiger partial charge in [0.05, 0.1) is 39.8 Å². The second kappa shape index (κ2) is 12.9. The summed E-state index contributed by atoms with van der Waals surface area (Å²) in [6.45, 7) is 7.55. The highest BCUT2D eigenvalue weighted by molar-refractivity contribution is 6.32. The standard InChI is InChI=1S/C32H31ClN6O3/c1-4-41-30-16-26-24(15-27(30)38-32(40)20(2)28-9-7-13-39(28)3)31(21(17-34)18-36-26)37-22-10-11-29(25(33)14-22)42-19-23-8-5-6-12-35-23/h5-6,8,10-12,14-16,18,28H,2,4,7,9,13,19H2,1,3H3,(H,36,37)(H,38,40)/t28-/m1/s1. The zero-order valence-corrected chi connectivity index (χ0v) is 24.2. The fourth-order valence-corrected chi connectivity index (χ4v) is 5.23. The molecule has 1 amide bonds. The minimum Gasteiger partial charge on any atom is -0.492 e. The molecule has 42 heavy (non-hydrogen) atoms. The van der Waals surface area contributed by atoms with Gasteiger partial charge in [0, 0.05) is 41.1 Å². The molecular weight excluding hydrogens is 552 g/mol. The van der Waals surface area contributed by atoms with Crippen LogP contribution >= 0.6 is 11.6 Å². The maximum atomic E-state index is 13.2. The molecule has 0 saturated carbocycles. The Kier molecular flexibility index (Phi) is 8.86. The van der Waals surface area contributed by atoms with E-state index in [1.165, 1.54) is 6.20 Å². The number of anilines is 3. The van der Waals surface area contributed by atoms with Crippen molar-refractivity contribution in [3.05, 3.63) is 89.4 Å². The Bertz CT molecular complexity index is 1670. The van der Waals surface area contributed by atoms with Crippen molar-refractivity contribution in [2.24, 2.45) is 0 Å². The number of ether oxygens (including phenoxy) is 2. The molecule has 214 valence electrons. The number of nitrogens with zero attached hydrogens (tertiary/aromatic N) is 4. The Morgan fingerprint density at radius 2 is 2.05 bits per heavy atom. The molecule has 0 bridgehead atoms. The van der Waals surface area contributed by atoms with Gasteiger partial charge in [0.25, 0.3) is 5.91 Å². The normalized spacial score (nSPS) is 14.8. The van der Waals surface area contributed by atoms with Crippen LogP contribution in [0.3, 0.4) is 0 Å². The number of benzene rings is 2. The number of amides is 1. The Morgan fingerprint density at radius 1 is 1.19 bits per heavy atom. The Labute approximate surface area is 249 Å². The van der Waals surface area contributed by atoms with E-state index in [1.807, 2.05) is 38.2 Å². The molecule has 0 unspecified atom stereocenters. The number of aromatic nitrogens is 2. The zero-order valence-electron chi connectivity index (χ0n) is 23.5. The monoisotopic (exact) mass is 582 g/mol. The number of hydrogen-bond donors (Lipinski definition) is 2. The van der Waals surface area contributed by atoms with Crippen molar-refractivity contribution in [3.8, 4) is 17.6 Å². The van der Waals surface area contributed by atoms with Crippen LogP contribution in [-0.4, -0.2) is 47.0 Å². The maximum absolute atomic E-state index is 13.2. The third kappa shape index (κ3) is 6.30. The number of halogens is 1. The summed E-state index contributed by atoms with van der Waals surface area (Å²) in [6, 6.07) is 16.6. The van der Waals surface area contributed by atoms with Crippen molar-refractivity contribution in [1.29, 1.82) is 5.26 Å². The molecule has 9 nitrogen and oxygen atoms in total. The minimum absolute atomic E-state index is 0.00857. The van der Waals surface area contributed by atoms with Crippen LogP contribution in [0.2, 0.25) is 5.02 Å². The Hall–Kier alpha value is -4.65. The number of pyridine rings is 2. The number of likely N-dealkylation sites (N-methyl/N-ethyl adjacent to an activating group) is 1. The molecule has 2 N–H and O–H groups in total. The van der Waals surface area contributed by atoms with Gasteiger partial charge in [-0.1, -0.05) is 24.2 Å². The summed E-state index contributed by atoms with van der Waals surface area (Å²) < 4.78 is 11.7. The average molecular weight is 583 g/mol. The van der Waals surface area contributed by atoms with E-state index in [4.69, 9.17) is 21.1 Å². The van der Waals surface area contributed by atoms with Gasteiger partial charge in [-0.05, 0) is 69.8 Å². The number of fused-ring (bicyclic) bond motifs is 1. The Morgan fingerprint density at radius 3 is 2.74 bits per heavy atom. The highest BCUT2D eigenvalue weighted by atomic mass is 35.5. The molecule has 0 aliphatic carbocycles. The first-order valence-corrected chi connectivity index (χ1v) is 14.0. The predicted molar refractivity (Wildman–Crippen MR) is 164 cm³/mol. The van der Waals surface area contributed by atoms with Gasteiger partial charge in [0.2, 0.25) is 0 Å². The van der Waals surface area contributed by atoms with E-state index >= 15 is 0 Å². The van der Waals surface area contributed by atoms with Gasteiger partial charge in [0.1, 0.15) is 24.2 Å². The lowest BCUT2D eigenvalue weighted by Gasteiger charge is -2.22. The number of rotatable bonds is 10. The first-order chi connectivity index (χ1) is 20.4. The topological polar surface area (TPSA) is 112 Å². The summed E-state index contributed by atoms with van der Waals surface area (Å²) in [6.07, 6.45) is 5.12. The second-order valence-corrected chi connectivity index (χ2v) is 10.4. The molecule has 1 atom stereocenters. The number of hydrogen-bond acceptors (Lipinski definition) is 8. The van der Waals surface area contributed by atoms with Crippen molar-refractivity contribution in [3.63, 3.8) is 0 Å².